The molecule has 0 saturated heterocycles. The van der Waals surface area contributed by atoms with Gasteiger partial charge in [-0.2, -0.15) is 0 Å². The molecule has 1 aliphatic rings. The smallest absolute Gasteiger partial charge is 0.209 e. The normalized spacial score (nSPS) is 18.8. The second-order valence-corrected chi connectivity index (χ2v) is 6.33. The van der Waals surface area contributed by atoms with Gasteiger partial charge in [0.05, 0.1) is 0 Å². The lowest BCUT2D eigenvalue weighted by Gasteiger charge is -2.25. The maximum Gasteiger partial charge on any atom is 0.209 e. The molecule has 1 heterocycles. The zero-order valence-corrected chi connectivity index (χ0v) is 11.4. The van der Waals surface area contributed by atoms with Gasteiger partial charge in [0.1, 0.15) is 0 Å². The topological polar surface area (TPSA) is 29.0 Å². The molecule has 0 unspecified atom stereocenters. The van der Waals surface area contributed by atoms with Gasteiger partial charge in [0.2, 0.25) is 5.13 Å². The Balaban J connectivity index is 2.02. The van der Waals surface area contributed by atoms with Crippen LogP contribution in [-0.4, -0.2) is 23.3 Å². The van der Waals surface area contributed by atoms with E-state index in [2.05, 4.69) is 38.1 Å². The third-order valence-electron chi connectivity index (χ3n) is 3.06. The molecule has 84 valence electrons. The first-order chi connectivity index (χ1) is 7.27. The standard InChI is InChI=1S/C10H16BrN3S/c1-14(10-13-12-9(11)15-10)8-6-4-2-3-5-7-8/h8H,2-7H2,1H3. The van der Waals surface area contributed by atoms with Crippen molar-refractivity contribution in [2.24, 2.45) is 0 Å². The fourth-order valence-corrected chi connectivity index (χ4v) is 3.26. The number of aromatic nitrogens is 2. The highest BCUT2D eigenvalue weighted by Gasteiger charge is 2.19. The minimum Gasteiger partial charge on any atom is -0.347 e. The van der Waals surface area contributed by atoms with Crippen molar-refractivity contribution in [1.29, 1.82) is 0 Å². The van der Waals surface area contributed by atoms with Crippen molar-refractivity contribution in [3.8, 4) is 0 Å². The Kier molecular flexibility index (Phi) is 3.97. The Labute approximate surface area is 103 Å². The number of nitrogens with zero attached hydrogens (tertiary/aromatic N) is 3. The first-order valence-corrected chi connectivity index (χ1v) is 7.10. The van der Waals surface area contributed by atoms with Crippen LogP contribution in [0, 0.1) is 0 Å². The molecule has 0 aromatic carbocycles. The van der Waals surface area contributed by atoms with Crippen LogP contribution >= 0.6 is 27.3 Å². The molecular formula is C10H16BrN3S. The van der Waals surface area contributed by atoms with Crippen LogP contribution in [0.15, 0.2) is 3.92 Å². The molecule has 1 aromatic heterocycles. The molecule has 3 nitrogen and oxygen atoms in total. The van der Waals surface area contributed by atoms with Gasteiger partial charge >= 0.3 is 0 Å². The number of rotatable bonds is 2. The molecular weight excluding hydrogens is 274 g/mol. The number of anilines is 1. The fraction of sp³-hybridized carbons (Fsp3) is 0.800. The van der Waals surface area contributed by atoms with E-state index in [9.17, 15) is 0 Å². The number of hydrogen-bond donors (Lipinski definition) is 0. The quantitative estimate of drug-likeness (QED) is 0.781. The Morgan fingerprint density at radius 2 is 1.87 bits per heavy atom. The van der Waals surface area contributed by atoms with Crippen LogP contribution in [0.4, 0.5) is 5.13 Å². The van der Waals surface area contributed by atoms with Crippen molar-refractivity contribution < 1.29 is 0 Å². The molecule has 1 fully saturated rings. The van der Waals surface area contributed by atoms with Crippen LogP contribution in [0.2, 0.25) is 0 Å². The van der Waals surface area contributed by atoms with E-state index in [0.29, 0.717) is 6.04 Å². The first-order valence-electron chi connectivity index (χ1n) is 5.49. The molecule has 2 rings (SSSR count). The Bertz CT molecular complexity index is 307. The second kappa shape index (κ2) is 5.25. The summed E-state index contributed by atoms with van der Waals surface area (Å²) in [6, 6.07) is 0.660. The lowest BCUT2D eigenvalue weighted by Crippen LogP contribution is -2.30. The lowest BCUT2D eigenvalue weighted by molar-refractivity contribution is 0.551. The minimum absolute atomic E-state index is 0.660. The minimum atomic E-state index is 0.660. The average Bonchev–Trinajstić information content (AvgIpc) is 2.53. The van der Waals surface area contributed by atoms with E-state index in [1.807, 2.05) is 0 Å². The summed E-state index contributed by atoms with van der Waals surface area (Å²) >= 11 is 4.97. The van der Waals surface area contributed by atoms with E-state index in [1.54, 1.807) is 11.3 Å². The summed E-state index contributed by atoms with van der Waals surface area (Å²) in [6.45, 7) is 0. The number of hydrogen-bond acceptors (Lipinski definition) is 4. The third kappa shape index (κ3) is 2.91. The SMILES string of the molecule is CN(c1nnc(Br)s1)C1CCCCCC1. The van der Waals surface area contributed by atoms with Gasteiger partial charge in [-0.05, 0) is 28.8 Å². The van der Waals surface area contributed by atoms with Gasteiger partial charge in [0.15, 0.2) is 3.92 Å². The average molecular weight is 290 g/mol. The lowest BCUT2D eigenvalue weighted by atomic mass is 10.1. The van der Waals surface area contributed by atoms with Crippen LogP contribution in [0.3, 0.4) is 0 Å². The van der Waals surface area contributed by atoms with Gasteiger partial charge in [-0.1, -0.05) is 37.0 Å². The van der Waals surface area contributed by atoms with E-state index in [0.717, 1.165) is 9.05 Å². The summed E-state index contributed by atoms with van der Waals surface area (Å²) in [4.78, 5) is 2.30. The van der Waals surface area contributed by atoms with E-state index >= 15 is 0 Å². The van der Waals surface area contributed by atoms with Crippen molar-refractivity contribution in [2.45, 2.75) is 44.6 Å². The van der Waals surface area contributed by atoms with Gasteiger partial charge in [-0.15, -0.1) is 10.2 Å². The molecule has 0 bridgehead atoms. The molecule has 1 aliphatic carbocycles. The van der Waals surface area contributed by atoms with Gasteiger partial charge in [-0.3, -0.25) is 0 Å². The summed E-state index contributed by atoms with van der Waals surface area (Å²) in [5.74, 6) is 0. The fourth-order valence-electron chi connectivity index (χ4n) is 2.14. The van der Waals surface area contributed by atoms with Crippen molar-refractivity contribution in [3.63, 3.8) is 0 Å². The first kappa shape index (κ1) is 11.3. The van der Waals surface area contributed by atoms with Crippen LogP contribution in [-0.2, 0) is 0 Å². The molecule has 0 radical (unpaired) electrons. The molecule has 5 heteroatoms. The zero-order chi connectivity index (χ0) is 10.7. The predicted octanol–water partition coefficient (Wildman–Crippen LogP) is 3.46. The number of halogens is 1. The maximum absolute atomic E-state index is 4.17. The summed E-state index contributed by atoms with van der Waals surface area (Å²) in [6.07, 6.45) is 8.10. The van der Waals surface area contributed by atoms with E-state index in [-0.39, 0.29) is 0 Å². The van der Waals surface area contributed by atoms with E-state index < -0.39 is 0 Å². The summed E-state index contributed by atoms with van der Waals surface area (Å²) in [5.41, 5.74) is 0. The molecule has 0 spiro atoms. The van der Waals surface area contributed by atoms with E-state index in [4.69, 9.17) is 0 Å². The molecule has 1 saturated carbocycles. The van der Waals surface area contributed by atoms with Crippen molar-refractivity contribution in [1.82, 2.24) is 10.2 Å². The predicted molar refractivity (Wildman–Crippen MR) is 67.5 cm³/mol. The molecule has 15 heavy (non-hydrogen) atoms. The highest BCUT2D eigenvalue weighted by Crippen LogP contribution is 2.29. The Hall–Kier alpha value is -0.160. The van der Waals surface area contributed by atoms with Crippen LogP contribution in [0.5, 0.6) is 0 Å². The van der Waals surface area contributed by atoms with Crippen LogP contribution in [0.25, 0.3) is 0 Å². The maximum atomic E-state index is 4.17. The van der Waals surface area contributed by atoms with Crippen molar-refractivity contribution in [3.05, 3.63) is 3.92 Å². The highest BCUT2D eigenvalue weighted by atomic mass is 79.9. The van der Waals surface area contributed by atoms with Crippen LogP contribution in [0.1, 0.15) is 38.5 Å². The summed E-state index contributed by atoms with van der Waals surface area (Å²) in [7, 11) is 2.14. The molecule has 0 N–H and O–H groups in total. The van der Waals surface area contributed by atoms with E-state index in [1.165, 1.54) is 38.5 Å². The van der Waals surface area contributed by atoms with Crippen molar-refractivity contribution >= 4 is 32.4 Å². The Morgan fingerprint density at radius 1 is 1.20 bits per heavy atom. The van der Waals surface area contributed by atoms with Gasteiger partial charge in [0, 0.05) is 13.1 Å². The summed E-state index contributed by atoms with van der Waals surface area (Å²) < 4.78 is 0.873. The van der Waals surface area contributed by atoms with Gasteiger partial charge in [0.25, 0.3) is 0 Å². The third-order valence-corrected chi connectivity index (χ3v) is 4.51. The zero-order valence-electron chi connectivity index (χ0n) is 8.95. The molecule has 1 aromatic rings. The highest BCUT2D eigenvalue weighted by molar-refractivity contribution is 9.11. The largest absolute Gasteiger partial charge is 0.347 e. The van der Waals surface area contributed by atoms with Gasteiger partial charge in [-0.25, -0.2) is 0 Å². The van der Waals surface area contributed by atoms with Gasteiger partial charge < -0.3 is 4.90 Å². The molecule has 0 amide bonds. The molecule has 0 aliphatic heterocycles. The second-order valence-electron chi connectivity index (χ2n) is 4.09. The summed E-state index contributed by atoms with van der Waals surface area (Å²) in [5, 5.41) is 9.20. The van der Waals surface area contributed by atoms with Crippen LogP contribution < -0.4 is 4.90 Å². The Morgan fingerprint density at radius 3 is 2.40 bits per heavy atom. The van der Waals surface area contributed by atoms with Crippen molar-refractivity contribution in [2.75, 3.05) is 11.9 Å². The monoisotopic (exact) mass is 289 g/mol. The molecule has 0 atom stereocenters.